The van der Waals surface area contributed by atoms with Gasteiger partial charge in [0.1, 0.15) is 34.4 Å². The second-order valence-corrected chi connectivity index (χ2v) is 9.19. The summed E-state index contributed by atoms with van der Waals surface area (Å²) in [5.74, 6) is 1.89. The molecular weight excluding hydrogens is 484 g/mol. The lowest BCUT2D eigenvalue weighted by atomic mass is 10.2. The molecule has 0 spiro atoms. The summed E-state index contributed by atoms with van der Waals surface area (Å²) in [6.45, 7) is 6.02. The van der Waals surface area contributed by atoms with Crippen molar-refractivity contribution in [3.05, 3.63) is 71.4 Å². The number of aromatic nitrogens is 4. The van der Waals surface area contributed by atoms with Crippen LogP contribution in [0.5, 0.6) is 16.7 Å². The smallest absolute Gasteiger partial charge is 0.294 e. The summed E-state index contributed by atoms with van der Waals surface area (Å²) in [5, 5.41) is 8.57. The fourth-order valence-corrected chi connectivity index (χ4v) is 4.89. The topological polar surface area (TPSA) is 83.9 Å². The molecule has 8 nitrogen and oxygen atoms in total. The summed E-state index contributed by atoms with van der Waals surface area (Å²) < 4.78 is 24.6. The number of hydrogen-bond acceptors (Lipinski definition) is 9. The molecule has 0 radical (unpaired) electrons. The molecule has 5 rings (SSSR count). The monoisotopic (exact) mass is 506 g/mol. The van der Waals surface area contributed by atoms with Crippen LogP contribution in [0.25, 0.3) is 33.0 Å². The molecule has 0 unspecified atom stereocenters. The van der Waals surface area contributed by atoms with Crippen molar-refractivity contribution in [2.75, 3.05) is 14.2 Å². The van der Waals surface area contributed by atoms with Gasteiger partial charge in [0.25, 0.3) is 5.19 Å². The number of allylic oxidation sites excluding steroid dienone is 5. The van der Waals surface area contributed by atoms with E-state index in [2.05, 4.69) is 16.7 Å². The predicted molar refractivity (Wildman–Crippen MR) is 139 cm³/mol. The molecule has 0 saturated carbocycles. The summed E-state index contributed by atoms with van der Waals surface area (Å²) in [6.07, 6.45) is 9.44. The first-order valence-corrected chi connectivity index (χ1v) is 12.4. The maximum atomic E-state index is 6.18. The normalized spacial score (nSPS) is 12.1. The molecular formula is C25H22N4O4S2. The highest BCUT2D eigenvalue weighted by molar-refractivity contribution is 7.18. The third-order valence-electron chi connectivity index (χ3n) is 5.18. The van der Waals surface area contributed by atoms with Crippen molar-refractivity contribution in [1.82, 2.24) is 19.6 Å². The summed E-state index contributed by atoms with van der Waals surface area (Å²) in [4.78, 5) is 10.0. The van der Waals surface area contributed by atoms with Crippen LogP contribution < -0.4 is 14.2 Å². The number of benzene rings is 1. The van der Waals surface area contributed by atoms with Gasteiger partial charge >= 0.3 is 0 Å². The third-order valence-corrected chi connectivity index (χ3v) is 6.89. The highest BCUT2D eigenvalue weighted by Crippen LogP contribution is 2.37. The highest BCUT2D eigenvalue weighted by atomic mass is 32.1. The molecule has 1 aromatic carbocycles. The quantitative estimate of drug-likeness (QED) is 0.214. The Balaban J connectivity index is 1.42. The van der Waals surface area contributed by atoms with Gasteiger partial charge < -0.3 is 18.6 Å². The zero-order valence-corrected chi connectivity index (χ0v) is 21.0. The maximum Gasteiger partial charge on any atom is 0.294 e. The molecule has 178 valence electrons. The Morgan fingerprint density at radius 3 is 2.83 bits per heavy atom. The number of nitrogens with zero attached hydrogens (tertiary/aromatic N) is 4. The van der Waals surface area contributed by atoms with E-state index >= 15 is 0 Å². The molecule has 10 heteroatoms. The van der Waals surface area contributed by atoms with Crippen LogP contribution in [-0.2, 0) is 6.61 Å². The van der Waals surface area contributed by atoms with Gasteiger partial charge in [0.2, 0.25) is 4.96 Å². The second kappa shape index (κ2) is 9.77. The molecule has 0 aliphatic carbocycles. The molecule has 0 atom stereocenters. The van der Waals surface area contributed by atoms with Gasteiger partial charge in [-0.15, -0.1) is 16.4 Å². The molecule has 4 aromatic heterocycles. The largest absolute Gasteiger partial charge is 0.496 e. The van der Waals surface area contributed by atoms with Gasteiger partial charge in [0.15, 0.2) is 5.76 Å². The van der Waals surface area contributed by atoms with Gasteiger partial charge in [-0.2, -0.15) is 0 Å². The van der Waals surface area contributed by atoms with Crippen LogP contribution in [0.1, 0.15) is 17.6 Å². The van der Waals surface area contributed by atoms with Crippen molar-refractivity contribution in [3.8, 4) is 28.1 Å². The first-order valence-electron chi connectivity index (χ1n) is 10.7. The first-order chi connectivity index (χ1) is 17.1. The molecule has 0 saturated heterocycles. The van der Waals surface area contributed by atoms with Gasteiger partial charge in [-0.05, 0) is 29.9 Å². The molecule has 0 bridgehead atoms. The van der Waals surface area contributed by atoms with Gasteiger partial charge in [-0.3, -0.25) is 0 Å². The number of ether oxygens (including phenoxy) is 3. The van der Waals surface area contributed by atoms with E-state index in [1.165, 1.54) is 11.3 Å². The summed E-state index contributed by atoms with van der Waals surface area (Å²) in [7, 11) is 3.19. The van der Waals surface area contributed by atoms with Crippen LogP contribution >= 0.6 is 22.7 Å². The van der Waals surface area contributed by atoms with E-state index in [-0.39, 0.29) is 0 Å². The summed E-state index contributed by atoms with van der Waals surface area (Å²) in [6, 6.07) is 5.59. The molecule has 0 N–H and O–H groups in total. The first kappa shape index (κ1) is 22.9. The minimum Gasteiger partial charge on any atom is -0.496 e. The van der Waals surface area contributed by atoms with Crippen molar-refractivity contribution >= 4 is 44.2 Å². The number of imidazole rings is 1. The Kier molecular flexibility index (Phi) is 6.39. The van der Waals surface area contributed by atoms with E-state index < -0.39 is 0 Å². The van der Waals surface area contributed by atoms with Crippen LogP contribution in [0.2, 0.25) is 0 Å². The second-order valence-electron chi connectivity index (χ2n) is 7.33. The Labute approximate surface area is 209 Å². The number of hydrogen-bond donors (Lipinski definition) is 0. The third kappa shape index (κ3) is 4.58. The van der Waals surface area contributed by atoms with Crippen molar-refractivity contribution in [2.45, 2.75) is 13.5 Å². The van der Waals surface area contributed by atoms with Gasteiger partial charge in [-0.25, -0.2) is 14.5 Å². The highest BCUT2D eigenvalue weighted by Gasteiger charge is 2.17. The Hall–Kier alpha value is -3.89. The molecule has 0 aliphatic rings. The summed E-state index contributed by atoms with van der Waals surface area (Å²) in [5.41, 5.74) is 3.24. The van der Waals surface area contributed by atoms with Crippen LogP contribution in [0.4, 0.5) is 0 Å². The minimum atomic E-state index is 0.319. The maximum absolute atomic E-state index is 6.18. The standard InChI is InChI=1S/C25H22N4O4S2/c1-5-7-8-15(6-2)19-14-34-23(26-19)13-32-20-9-16(30-3)10-21-17(20)11-22(33-21)18-12-29-24(27-18)35-25(28-29)31-4/h5-12,14H,1,13H2,2-4H3. The Bertz CT molecular complexity index is 1540. The van der Waals surface area contributed by atoms with Gasteiger partial charge in [0, 0.05) is 17.5 Å². The number of furan rings is 1. The van der Waals surface area contributed by atoms with E-state index in [0.717, 1.165) is 26.6 Å². The lowest BCUT2D eigenvalue weighted by molar-refractivity contribution is 0.307. The van der Waals surface area contributed by atoms with Crippen molar-refractivity contribution in [3.63, 3.8) is 0 Å². The van der Waals surface area contributed by atoms with E-state index in [1.54, 1.807) is 42.3 Å². The van der Waals surface area contributed by atoms with Gasteiger partial charge in [-0.1, -0.05) is 30.9 Å². The van der Waals surface area contributed by atoms with Crippen LogP contribution in [-0.4, -0.2) is 33.8 Å². The fourth-order valence-electron chi connectivity index (χ4n) is 3.48. The SMILES string of the molecule is C=CC=CC(=CC)c1csc(COc2cc(OC)cc3oc(-c4cn5nc(OC)sc5n4)cc23)n1. The fraction of sp³-hybridized carbons (Fsp3) is 0.160. The molecule has 0 amide bonds. The zero-order valence-electron chi connectivity index (χ0n) is 19.3. The summed E-state index contributed by atoms with van der Waals surface area (Å²) >= 11 is 2.91. The van der Waals surface area contributed by atoms with E-state index in [1.807, 2.05) is 48.7 Å². The number of thiazole rings is 1. The lowest BCUT2D eigenvalue weighted by Gasteiger charge is -2.07. The molecule has 4 heterocycles. The number of fused-ring (bicyclic) bond motifs is 2. The van der Waals surface area contributed by atoms with Crippen LogP contribution in [0.3, 0.4) is 0 Å². The van der Waals surface area contributed by atoms with E-state index in [4.69, 9.17) is 23.6 Å². The van der Waals surface area contributed by atoms with Gasteiger partial charge in [0.05, 0.1) is 31.5 Å². The molecule has 0 fully saturated rings. The van der Waals surface area contributed by atoms with E-state index in [0.29, 0.717) is 40.3 Å². The van der Waals surface area contributed by atoms with Crippen molar-refractivity contribution in [1.29, 1.82) is 0 Å². The average Bonchev–Trinajstić information content (AvgIpc) is 3.65. The molecule has 5 aromatic rings. The number of rotatable bonds is 9. The van der Waals surface area contributed by atoms with Crippen LogP contribution in [0, 0.1) is 0 Å². The number of methoxy groups -OCH3 is 2. The minimum absolute atomic E-state index is 0.319. The molecule has 0 aliphatic heterocycles. The predicted octanol–water partition coefficient (Wildman–Crippen LogP) is 6.40. The van der Waals surface area contributed by atoms with E-state index in [9.17, 15) is 0 Å². The lowest BCUT2D eigenvalue weighted by Crippen LogP contribution is -1.96. The Morgan fingerprint density at radius 1 is 1.20 bits per heavy atom. The average molecular weight is 507 g/mol. The zero-order chi connectivity index (χ0) is 24.4. The van der Waals surface area contributed by atoms with Crippen LogP contribution in [0.15, 0.2) is 65.1 Å². The van der Waals surface area contributed by atoms with Crippen molar-refractivity contribution in [2.24, 2.45) is 0 Å². The Morgan fingerprint density at radius 2 is 2.09 bits per heavy atom. The molecule has 35 heavy (non-hydrogen) atoms. The van der Waals surface area contributed by atoms with Crippen molar-refractivity contribution < 1.29 is 18.6 Å².